The molecule has 0 aliphatic carbocycles. The number of hydrogen-bond donors (Lipinski definition) is 1. The predicted molar refractivity (Wildman–Crippen MR) is 99.2 cm³/mol. The summed E-state index contributed by atoms with van der Waals surface area (Å²) in [5.74, 6) is -1.50. The topological polar surface area (TPSA) is 72.7 Å². The molecular weight excluding hydrogens is 372 g/mol. The average Bonchev–Trinajstić information content (AvgIpc) is 3.06. The monoisotopic (exact) mass is 389 g/mol. The van der Waals surface area contributed by atoms with Crippen molar-refractivity contribution in [2.75, 3.05) is 5.32 Å². The summed E-state index contributed by atoms with van der Waals surface area (Å²) in [6.07, 6.45) is 0.808. The van der Waals surface area contributed by atoms with Gasteiger partial charge in [0.25, 0.3) is 0 Å². The molecule has 2 aromatic heterocycles. The first-order valence-corrected chi connectivity index (χ1v) is 9.14. The SMILES string of the molecule is CCn1c(SC(C)C(=O)Nc2ccccc2)nnc1-c1cc(F)ncc1F. The molecule has 1 aromatic carbocycles. The highest BCUT2D eigenvalue weighted by Crippen LogP contribution is 2.28. The fourth-order valence-electron chi connectivity index (χ4n) is 2.42. The molecule has 1 atom stereocenters. The summed E-state index contributed by atoms with van der Waals surface area (Å²) in [7, 11) is 0. The Balaban J connectivity index is 1.80. The number of anilines is 1. The number of carbonyl (C=O) groups is 1. The van der Waals surface area contributed by atoms with Gasteiger partial charge < -0.3 is 9.88 Å². The van der Waals surface area contributed by atoms with E-state index in [-0.39, 0.29) is 17.3 Å². The van der Waals surface area contributed by atoms with E-state index in [1.807, 2.05) is 25.1 Å². The van der Waals surface area contributed by atoms with Crippen LogP contribution in [0.15, 0.2) is 47.8 Å². The summed E-state index contributed by atoms with van der Waals surface area (Å²) >= 11 is 1.19. The van der Waals surface area contributed by atoms with Crippen molar-refractivity contribution in [2.45, 2.75) is 30.8 Å². The summed E-state index contributed by atoms with van der Waals surface area (Å²) < 4.78 is 29.1. The molecule has 0 spiro atoms. The molecule has 0 bridgehead atoms. The van der Waals surface area contributed by atoms with Gasteiger partial charge >= 0.3 is 0 Å². The first-order chi connectivity index (χ1) is 13.0. The molecule has 6 nitrogen and oxygen atoms in total. The van der Waals surface area contributed by atoms with Crippen molar-refractivity contribution in [3.63, 3.8) is 0 Å². The number of halogens is 2. The number of pyridine rings is 1. The van der Waals surface area contributed by atoms with E-state index in [1.54, 1.807) is 23.6 Å². The van der Waals surface area contributed by atoms with Gasteiger partial charge in [-0.2, -0.15) is 4.39 Å². The molecule has 0 saturated heterocycles. The Hall–Kier alpha value is -2.81. The molecule has 1 amide bonds. The Morgan fingerprint density at radius 2 is 2.00 bits per heavy atom. The first kappa shape index (κ1) is 19.0. The van der Waals surface area contributed by atoms with Crippen molar-refractivity contribution < 1.29 is 13.6 Å². The van der Waals surface area contributed by atoms with E-state index in [9.17, 15) is 13.6 Å². The summed E-state index contributed by atoms with van der Waals surface area (Å²) in [6, 6.07) is 10.1. The number of benzene rings is 1. The van der Waals surface area contributed by atoms with Gasteiger partial charge in [0.2, 0.25) is 11.9 Å². The molecule has 27 heavy (non-hydrogen) atoms. The van der Waals surface area contributed by atoms with Crippen LogP contribution in [-0.2, 0) is 11.3 Å². The van der Waals surface area contributed by atoms with Crippen LogP contribution in [0.2, 0.25) is 0 Å². The lowest BCUT2D eigenvalue weighted by Crippen LogP contribution is -2.22. The van der Waals surface area contributed by atoms with Crippen LogP contribution in [0.3, 0.4) is 0 Å². The van der Waals surface area contributed by atoms with Crippen LogP contribution in [0.25, 0.3) is 11.4 Å². The Bertz CT molecular complexity index is 948. The number of aromatic nitrogens is 4. The first-order valence-electron chi connectivity index (χ1n) is 8.26. The molecule has 0 radical (unpaired) electrons. The van der Waals surface area contributed by atoms with Crippen molar-refractivity contribution in [1.82, 2.24) is 19.7 Å². The van der Waals surface area contributed by atoms with Crippen LogP contribution in [0.4, 0.5) is 14.5 Å². The molecule has 1 N–H and O–H groups in total. The third kappa shape index (κ3) is 4.30. The fourth-order valence-corrected chi connectivity index (χ4v) is 3.33. The second kappa shape index (κ2) is 8.26. The molecule has 0 aliphatic rings. The number of nitrogens with one attached hydrogen (secondary N) is 1. The van der Waals surface area contributed by atoms with Crippen LogP contribution in [0, 0.1) is 11.8 Å². The number of hydrogen-bond acceptors (Lipinski definition) is 5. The zero-order chi connectivity index (χ0) is 19.4. The van der Waals surface area contributed by atoms with Gasteiger partial charge in [0.05, 0.1) is 17.0 Å². The minimum atomic E-state index is -0.804. The van der Waals surface area contributed by atoms with Crippen LogP contribution in [0.1, 0.15) is 13.8 Å². The van der Waals surface area contributed by atoms with Crippen LogP contribution < -0.4 is 5.32 Å². The number of rotatable bonds is 6. The van der Waals surface area contributed by atoms with Gasteiger partial charge in [-0.1, -0.05) is 30.0 Å². The van der Waals surface area contributed by atoms with Gasteiger partial charge in [-0.05, 0) is 26.0 Å². The molecule has 1 unspecified atom stereocenters. The predicted octanol–water partition coefficient (Wildman–Crippen LogP) is 3.76. The molecular formula is C18H17F2N5OS. The van der Waals surface area contributed by atoms with Crippen LogP contribution in [0.5, 0.6) is 0 Å². The molecule has 3 aromatic rings. The van der Waals surface area contributed by atoms with Crippen molar-refractivity contribution in [3.05, 3.63) is 54.4 Å². The van der Waals surface area contributed by atoms with E-state index < -0.39 is 17.0 Å². The number of thioether (sulfide) groups is 1. The second-order valence-corrected chi connectivity index (χ2v) is 6.96. The molecule has 0 fully saturated rings. The van der Waals surface area contributed by atoms with Crippen molar-refractivity contribution in [2.24, 2.45) is 0 Å². The molecule has 9 heteroatoms. The zero-order valence-corrected chi connectivity index (χ0v) is 15.5. The normalized spacial score (nSPS) is 12.0. The summed E-state index contributed by atoms with van der Waals surface area (Å²) in [4.78, 5) is 15.7. The van der Waals surface area contributed by atoms with Gasteiger partial charge in [0, 0.05) is 18.3 Å². The van der Waals surface area contributed by atoms with Crippen LogP contribution >= 0.6 is 11.8 Å². The number of amides is 1. The molecule has 140 valence electrons. The summed E-state index contributed by atoms with van der Waals surface area (Å²) in [5.41, 5.74) is 0.673. The van der Waals surface area contributed by atoms with Gasteiger partial charge in [-0.3, -0.25) is 4.79 Å². The average molecular weight is 389 g/mol. The summed E-state index contributed by atoms with van der Waals surface area (Å²) in [5, 5.41) is 10.8. The number of para-hydroxylation sites is 1. The smallest absolute Gasteiger partial charge is 0.237 e. The van der Waals surface area contributed by atoms with E-state index in [1.165, 1.54) is 11.8 Å². The van der Waals surface area contributed by atoms with E-state index in [0.717, 1.165) is 12.3 Å². The Kier molecular flexibility index (Phi) is 5.80. The third-order valence-electron chi connectivity index (χ3n) is 3.79. The Morgan fingerprint density at radius 3 is 2.70 bits per heavy atom. The van der Waals surface area contributed by atoms with E-state index in [0.29, 0.717) is 17.4 Å². The van der Waals surface area contributed by atoms with Gasteiger partial charge in [0.15, 0.2) is 16.8 Å². The fraction of sp³-hybridized carbons (Fsp3) is 0.222. The lowest BCUT2D eigenvalue weighted by Gasteiger charge is -2.13. The number of carbonyl (C=O) groups excluding carboxylic acids is 1. The van der Waals surface area contributed by atoms with Gasteiger partial charge in [0.1, 0.15) is 0 Å². The maximum absolute atomic E-state index is 14.0. The van der Waals surface area contributed by atoms with E-state index >= 15 is 0 Å². The Labute approximate surface area is 159 Å². The van der Waals surface area contributed by atoms with Crippen molar-refractivity contribution in [3.8, 4) is 11.4 Å². The van der Waals surface area contributed by atoms with E-state index in [2.05, 4.69) is 20.5 Å². The quantitative estimate of drug-likeness (QED) is 0.513. The lowest BCUT2D eigenvalue weighted by molar-refractivity contribution is -0.115. The lowest BCUT2D eigenvalue weighted by atomic mass is 10.2. The Morgan fingerprint density at radius 1 is 1.26 bits per heavy atom. The highest BCUT2D eigenvalue weighted by Gasteiger charge is 2.22. The number of nitrogens with zero attached hydrogens (tertiary/aromatic N) is 4. The highest BCUT2D eigenvalue weighted by atomic mass is 32.2. The molecule has 0 aliphatic heterocycles. The maximum atomic E-state index is 14.0. The zero-order valence-electron chi connectivity index (χ0n) is 14.7. The van der Waals surface area contributed by atoms with Gasteiger partial charge in [-0.25, -0.2) is 9.37 Å². The molecule has 0 saturated carbocycles. The standard InChI is InChI=1S/C18H17F2N5OS/c1-3-25-16(13-9-15(20)21-10-14(13)19)23-24-18(25)27-11(2)17(26)22-12-7-5-4-6-8-12/h4-11H,3H2,1-2H3,(H,22,26). The molecule has 2 heterocycles. The summed E-state index contributed by atoms with van der Waals surface area (Å²) in [6.45, 7) is 4.01. The second-order valence-electron chi connectivity index (χ2n) is 5.65. The van der Waals surface area contributed by atoms with Crippen LogP contribution in [-0.4, -0.2) is 30.9 Å². The highest BCUT2D eigenvalue weighted by molar-refractivity contribution is 8.00. The van der Waals surface area contributed by atoms with E-state index in [4.69, 9.17) is 0 Å². The van der Waals surface area contributed by atoms with Crippen molar-refractivity contribution >= 4 is 23.4 Å². The minimum Gasteiger partial charge on any atom is -0.325 e. The minimum absolute atomic E-state index is 0.0231. The molecule has 3 rings (SSSR count). The maximum Gasteiger partial charge on any atom is 0.237 e. The third-order valence-corrected chi connectivity index (χ3v) is 4.87. The largest absolute Gasteiger partial charge is 0.325 e. The van der Waals surface area contributed by atoms with Crippen molar-refractivity contribution in [1.29, 1.82) is 0 Å². The van der Waals surface area contributed by atoms with Gasteiger partial charge in [-0.15, -0.1) is 10.2 Å².